The van der Waals surface area contributed by atoms with Crippen LogP contribution in [0.5, 0.6) is 0 Å². The van der Waals surface area contributed by atoms with Gasteiger partial charge in [0.15, 0.2) is 5.69 Å². The number of urea groups is 1. The minimum absolute atomic E-state index is 0.0283. The molecule has 0 bridgehead atoms. The van der Waals surface area contributed by atoms with Gasteiger partial charge in [0.05, 0.1) is 5.01 Å². The summed E-state index contributed by atoms with van der Waals surface area (Å²) in [5.41, 5.74) is 0.667. The summed E-state index contributed by atoms with van der Waals surface area (Å²) in [6.45, 7) is 0.367. The molecule has 0 atom stereocenters. The van der Waals surface area contributed by atoms with Crippen LogP contribution in [0.4, 0.5) is 10.5 Å². The van der Waals surface area contributed by atoms with Crippen molar-refractivity contribution in [2.75, 3.05) is 11.9 Å². The molecule has 110 valence electrons. The van der Waals surface area contributed by atoms with E-state index in [0.717, 1.165) is 0 Å². The van der Waals surface area contributed by atoms with Crippen LogP contribution in [-0.4, -0.2) is 28.6 Å². The summed E-state index contributed by atoms with van der Waals surface area (Å²) in [6, 6.07) is 6.41. The van der Waals surface area contributed by atoms with Gasteiger partial charge >= 0.3 is 12.0 Å². The van der Waals surface area contributed by atoms with E-state index in [2.05, 4.69) is 15.6 Å². The Kier molecular flexibility index (Phi) is 5.13. The molecular formula is C13H12ClN3O3S. The number of nitrogens with one attached hydrogen (secondary N) is 2. The Hall–Kier alpha value is -2.12. The average Bonchev–Trinajstić information content (AvgIpc) is 2.90. The van der Waals surface area contributed by atoms with Crippen LogP contribution in [0, 0.1) is 0 Å². The number of amides is 2. The molecule has 0 spiro atoms. The molecule has 0 saturated carbocycles. The summed E-state index contributed by atoms with van der Waals surface area (Å²) >= 11 is 7.00. The fraction of sp³-hybridized carbons (Fsp3) is 0.154. The lowest BCUT2D eigenvalue weighted by Crippen LogP contribution is -2.30. The molecule has 1 aromatic heterocycles. The maximum absolute atomic E-state index is 11.6. The summed E-state index contributed by atoms with van der Waals surface area (Å²) in [6.07, 6.45) is 0.478. The first-order valence-corrected chi connectivity index (χ1v) is 7.28. The van der Waals surface area contributed by atoms with E-state index in [1.54, 1.807) is 24.3 Å². The van der Waals surface area contributed by atoms with E-state index in [0.29, 0.717) is 28.7 Å². The number of aromatic carboxylic acids is 1. The van der Waals surface area contributed by atoms with Crippen molar-refractivity contribution in [2.45, 2.75) is 6.42 Å². The summed E-state index contributed by atoms with van der Waals surface area (Å²) in [5.74, 6) is -1.05. The molecule has 21 heavy (non-hydrogen) atoms. The van der Waals surface area contributed by atoms with Gasteiger partial charge in [-0.2, -0.15) is 0 Å². The van der Waals surface area contributed by atoms with Gasteiger partial charge in [0.25, 0.3) is 0 Å². The maximum Gasteiger partial charge on any atom is 0.355 e. The van der Waals surface area contributed by atoms with E-state index < -0.39 is 5.97 Å². The molecule has 0 aliphatic carbocycles. The van der Waals surface area contributed by atoms with Crippen LogP contribution in [0.1, 0.15) is 15.5 Å². The van der Waals surface area contributed by atoms with E-state index in [1.807, 2.05) is 0 Å². The zero-order valence-corrected chi connectivity index (χ0v) is 12.4. The number of hydrogen-bond donors (Lipinski definition) is 3. The first-order chi connectivity index (χ1) is 10.0. The zero-order valence-electron chi connectivity index (χ0n) is 10.8. The highest BCUT2D eigenvalue weighted by molar-refractivity contribution is 7.09. The van der Waals surface area contributed by atoms with E-state index in [1.165, 1.54) is 16.7 Å². The van der Waals surface area contributed by atoms with Gasteiger partial charge in [-0.15, -0.1) is 11.3 Å². The lowest BCUT2D eigenvalue weighted by Gasteiger charge is -2.06. The highest BCUT2D eigenvalue weighted by Gasteiger charge is 2.08. The third-order valence-electron chi connectivity index (χ3n) is 2.50. The molecule has 0 radical (unpaired) electrons. The molecule has 2 rings (SSSR count). The number of carboxylic acid groups (broad SMARTS) is 1. The van der Waals surface area contributed by atoms with Gasteiger partial charge in [0, 0.05) is 29.1 Å². The lowest BCUT2D eigenvalue weighted by atomic mass is 10.3. The van der Waals surface area contributed by atoms with Crippen molar-refractivity contribution in [1.82, 2.24) is 10.3 Å². The van der Waals surface area contributed by atoms with Gasteiger partial charge in [0.1, 0.15) is 0 Å². The van der Waals surface area contributed by atoms with Crippen LogP contribution < -0.4 is 10.6 Å². The second kappa shape index (κ2) is 7.05. The largest absolute Gasteiger partial charge is 0.476 e. The molecule has 0 unspecified atom stereocenters. The number of carbonyl (C=O) groups excluding carboxylic acids is 1. The third-order valence-corrected chi connectivity index (χ3v) is 3.66. The van der Waals surface area contributed by atoms with Crippen molar-refractivity contribution in [3.8, 4) is 0 Å². The van der Waals surface area contributed by atoms with Crippen LogP contribution >= 0.6 is 22.9 Å². The molecule has 1 aromatic carbocycles. The minimum Gasteiger partial charge on any atom is -0.476 e. The van der Waals surface area contributed by atoms with Crippen molar-refractivity contribution in [3.63, 3.8) is 0 Å². The summed E-state index contributed by atoms with van der Waals surface area (Å²) in [5, 5.41) is 16.8. The number of thiazole rings is 1. The summed E-state index contributed by atoms with van der Waals surface area (Å²) in [7, 11) is 0. The van der Waals surface area contributed by atoms with Crippen LogP contribution in [0.25, 0.3) is 0 Å². The smallest absolute Gasteiger partial charge is 0.355 e. The maximum atomic E-state index is 11.6. The summed E-state index contributed by atoms with van der Waals surface area (Å²) in [4.78, 5) is 26.2. The monoisotopic (exact) mass is 325 g/mol. The first-order valence-electron chi connectivity index (χ1n) is 6.03. The van der Waals surface area contributed by atoms with Crippen LogP contribution in [0.2, 0.25) is 5.02 Å². The molecule has 0 saturated heterocycles. The molecular weight excluding hydrogens is 314 g/mol. The molecule has 0 fully saturated rings. The fourth-order valence-electron chi connectivity index (χ4n) is 1.52. The zero-order chi connectivity index (χ0) is 15.2. The normalized spacial score (nSPS) is 10.1. The summed E-state index contributed by atoms with van der Waals surface area (Å²) < 4.78 is 0. The number of nitrogens with zero attached hydrogens (tertiary/aromatic N) is 1. The number of carboxylic acids is 1. The number of halogens is 1. The Bertz CT molecular complexity index is 642. The van der Waals surface area contributed by atoms with Crippen molar-refractivity contribution < 1.29 is 14.7 Å². The minimum atomic E-state index is -1.05. The second-order valence-corrected chi connectivity index (χ2v) is 5.45. The number of hydrogen-bond acceptors (Lipinski definition) is 4. The van der Waals surface area contributed by atoms with Gasteiger partial charge in [-0.3, -0.25) is 0 Å². The molecule has 8 heteroatoms. The highest BCUT2D eigenvalue weighted by Crippen LogP contribution is 2.13. The van der Waals surface area contributed by atoms with Gasteiger partial charge in [-0.1, -0.05) is 11.6 Å². The third kappa shape index (κ3) is 4.73. The van der Waals surface area contributed by atoms with Gasteiger partial charge in [0.2, 0.25) is 0 Å². The van der Waals surface area contributed by atoms with Gasteiger partial charge < -0.3 is 15.7 Å². The molecule has 3 N–H and O–H groups in total. The lowest BCUT2D eigenvalue weighted by molar-refractivity contribution is 0.0691. The average molecular weight is 326 g/mol. The predicted molar refractivity (Wildman–Crippen MR) is 81.3 cm³/mol. The number of aromatic nitrogens is 1. The fourth-order valence-corrected chi connectivity index (χ4v) is 2.41. The molecule has 2 amide bonds. The Morgan fingerprint density at radius 2 is 2.00 bits per heavy atom. The van der Waals surface area contributed by atoms with Crippen molar-refractivity contribution in [2.24, 2.45) is 0 Å². The van der Waals surface area contributed by atoms with Gasteiger partial charge in [-0.05, 0) is 24.3 Å². The van der Waals surface area contributed by atoms with Crippen LogP contribution in [-0.2, 0) is 6.42 Å². The van der Waals surface area contributed by atoms with Crippen molar-refractivity contribution in [1.29, 1.82) is 0 Å². The molecule has 0 aliphatic heterocycles. The quantitative estimate of drug-likeness (QED) is 0.788. The SMILES string of the molecule is O=C(NCCc1nc(C(=O)O)cs1)Nc1ccc(Cl)cc1. The number of carbonyl (C=O) groups is 2. The second-order valence-electron chi connectivity index (χ2n) is 4.07. The molecule has 1 heterocycles. The Morgan fingerprint density at radius 3 is 2.62 bits per heavy atom. The topological polar surface area (TPSA) is 91.3 Å². The van der Waals surface area contributed by atoms with Crippen molar-refractivity contribution in [3.05, 3.63) is 45.4 Å². The predicted octanol–water partition coefficient (Wildman–Crippen LogP) is 2.86. The molecule has 2 aromatic rings. The van der Waals surface area contributed by atoms with E-state index in [4.69, 9.17) is 16.7 Å². The molecule has 0 aliphatic rings. The van der Waals surface area contributed by atoms with Crippen molar-refractivity contribution >= 4 is 40.6 Å². The van der Waals surface area contributed by atoms with E-state index in [9.17, 15) is 9.59 Å². The van der Waals surface area contributed by atoms with E-state index in [-0.39, 0.29) is 11.7 Å². The standard InChI is InChI=1S/C13H12ClN3O3S/c14-8-1-3-9(4-2-8)16-13(20)15-6-5-11-17-10(7-21-11)12(18)19/h1-4,7H,5-6H2,(H,18,19)(H2,15,16,20). The van der Waals surface area contributed by atoms with Crippen LogP contribution in [0.15, 0.2) is 29.6 Å². The highest BCUT2D eigenvalue weighted by atomic mass is 35.5. The Morgan fingerprint density at radius 1 is 1.29 bits per heavy atom. The number of anilines is 1. The number of rotatable bonds is 5. The first kappa shape index (κ1) is 15.3. The Labute approximate surface area is 129 Å². The Balaban J connectivity index is 1.76. The number of benzene rings is 1. The molecule has 6 nitrogen and oxygen atoms in total. The van der Waals surface area contributed by atoms with Crippen LogP contribution in [0.3, 0.4) is 0 Å². The van der Waals surface area contributed by atoms with E-state index >= 15 is 0 Å². The van der Waals surface area contributed by atoms with Gasteiger partial charge in [-0.25, -0.2) is 14.6 Å².